The Morgan fingerprint density at radius 3 is 2.94 bits per heavy atom. The van der Waals surface area contributed by atoms with Gasteiger partial charge in [-0.2, -0.15) is 0 Å². The highest BCUT2D eigenvalue weighted by Gasteiger charge is 2.07. The Labute approximate surface area is 102 Å². The third kappa shape index (κ3) is 2.14. The molecular weight excluding hydrogens is 270 g/mol. The number of ether oxygens (including phenoxy) is 1. The number of aryl methyl sites for hydroxylation is 1. The standard InChI is InChI=1S/C11H10BrN3O/c1-7-3-2-4-9(10(7)13)16-11-8(12)5-14-6-15-11/h2-6H,13H2,1H3. The maximum absolute atomic E-state index is 5.90. The highest BCUT2D eigenvalue weighted by Crippen LogP contribution is 2.31. The zero-order chi connectivity index (χ0) is 11.5. The lowest BCUT2D eigenvalue weighted by molar-refractivity contribution is 0.460. The number of hydrogen-bond acceptors (Lipinski definition) is 4. The van der Waals surface area contributed by atoms with Gasteiger partial charge in [0, 0.05) is 6.20 Å². The minimum atomic E-state index is 0.451. The molecule has 2 N–H and O–H groups in total. The van der Waals surface area contributed by atoms with E-state index in [2.05, 4.69) is 25.9 Å². The molecule has 2 rings (SSSR count). The second-order valence-electron chi connectivity index (χ2n) is 3.26. The fraction of sp³-hybridized carbons (Fsp3) is 0.0909. The molecule has 0 aliphatic heterocycles. The lowest BCUT2D eigenvalue weighted by Crippen LogP contribution is -1.96. The van der Waals surface area contributed by atoms with Crippen molar-refractivity contribution in [3.05, 3.63) is 40.8 Å². The number of para-hydroxylation sites is 1. The minimum absolute atomic E-state index is 0.451. The van der Waals surface area contributed by atoms with Gasteiger partial charge in [-0.25, -0.2) is 9.97 Å². The van der Waals surface area contributed by atoms with E-state index in [1.807, 2.05) is 19.1 Å². The molecule has 0 spiro atoms. The van der Waals surface area contributed by atoms with Crippen molar-refractivity contribution >= 4 is 21.6 Å². The van der Waals surface area contributed by atoms with Crippen LogP contribution in [0.15, 0.2) is 35.2 Å². The molecule has 1 heterocycles. The number of halogens is 1. The van der Waals surface area contributed by atoms with Crippen molar-refractivity contribution in [2.45, 2.75) is 6.92 Å². The summed E-state index contributed by atoms with van der Waals surface area (Å²) in [5.41, 5.74) is 7.49. The number of rotatable bonds is 2. The van der Waals surface area contributed by atoms with Gasteiger partial charge in [0.1, 0.15) is 6.33 Å². The highest BCUT2D eigenvalue weighted by atomic mass is 79.9. The summed E-state index contributed by atoms with van der Waals surface area (Å²) in [4.78, 5) is 7.87. The third-order valence-corrected chi connectivity index (χ3v) is 2.67. The zero-order valence-electron chi connectivity index (χ0n) is 8.64. The van der Waals surface area contributed by atoms with Gasteiger partial charge in [0.05, 0.1) is 10.2 Å². The van der Waals surface area contributed by atoms with Gasteiger partial charge < -0.3 is 10.5 Å². The third-order valence-electron chi connectivity index (χ3n) is 2.12. The van der Waals surface area contributed by atoms with Gasteiger partial charge in [-0.05, 0) is 34.5 Å². The molecule has 0 saturated carbocycles. The van der Waals surface area contributed by atoms with Crippen LogP contribution in [0.1, 0.15) is 5.56 Å². The van der Waals surface area contributed by atoms with Crippen LogP contribution < -0.4 is 10.5 Å². The van der Waals surface area contributed by atoms with Crippen molar-refractivity contribution in [1.29, 1.82) is 0 Å². The Kier molecular flexibility index (Phi) is 3.05. The molecule has 0 atom stereocenters. The fourth-order valence-corrected chi connectivity index (χ4v) is 1.52. The molecule has 0 unspecified atom stereocenters. The largest absolute Gasteiger partial charge is 0.436 e. The Hall–Kier alpha value is -1.62. The second-order valence-corrected chi connectivity index (χ2v) is 4.12. The molecule has 16 heavy (non-hydrogen) atoms. The number of nitrogen functional groups attached to an aromatic ring is 1. The van der Waals surface area contributed by atoms with Crippen molar-refractivity contribution in [2.75, 3.05) is 5.73 Å². The van der Waals surface area contributed by atoms with Crippen LogP contribution in [0.4, 0.5) is 5.69 Å². The summed E-state index contributed by atoms with van der Waals surface area (Å²) in [6.07, 6.45) is 3.04. The Bertz CT molecular complexity index is 516. The molecule has 0 saturated heterocycles. The van der Waals surface area contributed by atoms with Crippen molar-refractivity contribution in [3.8, 4) is 11.6 Å². The monoisotopic (exact) mass is 279 g/mol. The number of hydrogen-bond donors (Lipinski definition) is 1. The number of nitrogens with zero attached hydrogens (tertiary/aromatic N) is 2. The van der Waals surface area contributed by atoms with E-state index >= 15 is 0 Å². The van der Waals surface area contributed by atoms with E-state index in [1.54, 1.807) is 12.3 Å². The van der Waals surface area contributed by atoms with E-state index in [0.717, 1.165) is 5.56 Å². The van der Waals surface area contributed by atoms with Gasteiger partial charge >= 0.3 is 0 Å². The van der Waals surface area contributed by atoms with Crippen LogP contribution in [0, 0.1) is 6.92 Å². The molecule has 0 fully saturated rings. The van der Waals surface area contributed by atoms with Gasteiger partial charge in [-0.15, -0.1) is 0 Å². The average molecular weight is 280 g/mol. The Morgan fingerprint density at radius 2 is 2.19 bits per heavy atom. The van der Waals surface area contributed by atoms with E-state index in [9.17, 15) is 0 Å². The first-order chi connectivity index (χ1) is 7.68. The lowest BCUT2D eigenvalue weighted by Gasteiger charge is -2.09. The molecule has 0 bridgehead atoms. The van der Waals surface area contributed by atoms with Crippen LogP contribution in [0.5, 0.6) is 11.6 Å². The van der Waals surface area contributed by atoms with Crippen molar-refractivity contribution in [3.63, 3.8) is 0 Å². The van der Waals surface area contributed by atoms with Crippen molar-refractivity contribution < 1.29 is 4.74 Å². The predicted molar refractivity (Wildman–Crippen MR) is 65.4 cm³/mol. The molecule has 0 radical (unpaired) electrons. The van der Waals surface area contributed by atoms with E-state index in [4.69, 9.17) is 10.5 Å². The number of nitrogens with two attached hydrogens (primary N) is 1. The maximum atomic E-state index is 5.90. The van der Waals surface area contributed by atoms with Crippen LogP contribution >= 0.6 is 15.9 Å². The summed E-state index contributed by atoms with van der Waals surface area (Å²) in [5.74, 6) is 1.05. The molecule has 2 aromatic rings. The smallest absolute Gasteiger partial charge is 0.236 e. The first-order valence-electron chi connectivity index (χ1n) is 4.67. The summed E-state index contributed by atoms with van der Waals surface area (Å²) in [5, 5.41) is 0. The number of aromatic nitrogens is 2. The zero-order valence-corrected chi connectivity index (χ0v) is 10.2. The molecule has 5 heteroatoms. The van der Waals surface area contributed by atoms with Gasteiger partial charge in [0.2, 0.25) is 5.88 Å². The van der Waals surface area contributed by atoms with Gasteiger partial charge in [0.15, 0.2) is 5.75 Å². The number of benzene rings is 1. The molecule has 4 nitrogen and oxygen atoms in total. The molecule has 0 amide bonds. The maximum Gasteiger partial charge on any atom is 0.236 e. The number of anilines is 1. The van der Waals surface area contributed by atoms with Gasteiger partial charge in [-0.3, -0.25) is 0 Å². The molecule has 0 aliphatic carbocycles. The summed E-state index contributed by atoms with van der Waals surface area (Å²) in [7, 11) is 0. The Morgan fingerprint density at radius 1 is 1.38 bits per heavy atom. The summed E-state index contributed by atoms with van der Waals surface area (Å²) < 4.78 is 6.29. The topological polar surface area (TPSA) is 61.0 Å². The van der Waals surface area contributed by atoms with Crippen LogP contribution in [-0.2, 0) is 0 Å². The quantitative estimate of drug-likeness (QED) is 0.859. The SMILES string of the molecule is Cc1cccc(Oc2ncncc2Br)c1N. The normalized spacial score (nSPS) is 10.1. The van der Waals surface area contributed by atoms with Crippen molar-refractivity contribution in [2.24, 2.45) is 0 Å². The minimum Gasteiger partial charge on any atom is -0.436 e. The van der Waals surface area contributed by atoms with Crippen molar-refractivity contribution in [1.82, 2.24) is 9.97 Å². The molecule has 1 aromatic carbocycles. The molecular formula is C11H10BrN3O. The van der Waals surface area contributed by atoms with E-state index < -0.39 is 0 Å². The van der Waals surface area contributed by atoms with Crippen LogP contribution in [-0.4, -0.2) is 9.97 Å². The van der Waals surface area contributed by atoms with E-state index in [1.165, 1.54) is 6.33 Å². The van der Waals surface area contributed by atoms with Gasteiger partial charge in [0.25, 0.3) is 0 Å². The fourth-order valence-electron chi connectivity index (χ4n) is 1.22. The molecule has 1 aromatic heterocycles. The first kappa shape index (κ1) is 10.9. The highest BCUT2D eigenvalue weighted by molar-refractivity contribution is 9.10. The van der Waals surface area contributed by atoms with E-state index in [0.29, 0.717) is 21.8 Å². The van der Waals surface area contributed by atoms with Gasteiger partial charge in [-0.1, -0.05) is 12.1 Å². The molecule has 0 aliphatic rings. The van der Waals surface area contributed by atoms with Crippen LogP contribution in [0.25, 0.3) is 0 Å². The van der Waals surface area contributed by atoms with E-state index in [-0.39, 0.29) is 0 Å². The average Bonchev–Trinajstić information content (AvgIpc) is 2.28. The molecule has 82 valence electrons. The Balaban J connectivity index is 2.35. The summed E-state index contributed by atoms with van der Waals surface area (Å²) >= 11 is 3.31. The van der Waals surface area contributed by atoms with Crippen LogP contribution in [0.3, 0.4) is 0 Å². The van der Waals surface area contributed by atoms with Crippen LogP contribution in [0.2, 0.25) is 0 Å². The predicted octanol–water partition coefficient (Wildman–Crippen LogP) is 2.92. The summed E-state index contributed by atoms with van der Waals surface area (Å²) in [6.45, 7) is 1.93. The summed E-state index contributed by atoms with van der Waals surface area (Å²) in [6, 6.07) is 5.62. The first-order valence-corrected chi connectivity index (χ1v) is 5.46. The lowest BCUT2D eigenvalue weighted by atomic mass is 10.2. The second kappa shape index (κ2) is 4.49.